The summed E-state index contributed by atoms with van der Waals surface area (Å²) in [4.78, 5) is 11.5. The van der Waals surface area contributed by atoms with E-state index in [1.54, 1.807) is 12.1 Å². The van der Waals surface area contributed by atoms with Crippen LogP contribution in [0.25, 0.3) is 10.1 Å². The van der Waals surface area contributed by atoms with Crippen LogP contribution in [0.4, 0.5) is 4.39 Å². The predicted molar refractivity (Wildman–Crippen MR) is 51.9 cm³/mol. The van der Waals surface area contributed by atoms with E-state index >= 15 is 0 Å². The fourth-order valence-electron chi connectivity index (χ4n) is 1.31. The predicted octanol–water partition coefficient (Wildman–Crippen LogP) is 3.16. The fourth-order valence-corrected chi connectivity index (χ4v) is 2.23. The average molecular weight is 194 g/mol. The summed E-state index contributed by atoms with van der Waals surface area (Å²) < 4.78 is 14.3. The molecule has 0 bridgehead atoms. The molecule has 1 aromatic heterocycles. The van der Waals surface area contributed by atoms with Gasteiger partial charge in [0.2, 0.25) is 0 Å². The summed E-state index contributed by atoms with van der Waals surface area (Å²) in [7, 11) is 0. The summed E-state index contributed by atoms with van der Waals surface area (Å²) in [5, 5.41) is 0.548. The van der Waals surface area contributed by atoms with Gasteiger partial charge in [-0.1, -0.05) is 0 Å². The first kappa shape index (κ1) is 8.38. The first-order chi connectivity index (χ1) is 6.22. The van der Waals surface area contributed by atoms with Gasteiger partial charge in [0.15, 0.2) is 6.29 Å². The molecule has 66 valence electrons. The number of fused-ring (bicyclic) bond motifs is 1. The second-order valence-corrected chi connectivity index (χ2v) is 4.14. The Balaban J connectivity index is 2.85. The molecule has 0 unspecified atom stereocenters. The van der Waals surface area contributed by atoms with Crippen LogP contribution < -0.4 is 0 Å². The van der Waals surface area contributed by atoms with E-state index < -0.39 is 5.82 Å². The Morgan fingerprint density at radius 1 is 1.46 bits per heavy atom. The molecular formula is C10H7FOS. The molecule has 0 atom stereocenters. The lowest BCUT2D eigenvalue weighted by Crippen LogP contribution is -1.86. The lowest BCUT2D eigenvalue weighted by Gasteiger charge is -1.94. The second kappa shape index (κ2) is 2.92. The number of thiophene rings is 1. The zero-order valence-corrected chi connectivity index (χ0v) is 7.82. The van der Waals surface area contributed by atoms with Crippen LogP contribution in [-0.4, -0.2) is 6.29 Å². The quantitative estimate of drug-likeness (QED) is 0.637. The summed E-state index contributed by atoms with van der Waals surface area (Å²) in [5.41, 5.74) is 0.130. The van der Waals surface area contributed by atoms with Crippen LogP contribution in [0.5, 0.6) is 0 Å². The summed E-state index contributed by atoms with van der Waals surface area (Å²) in [5.74, 6) is -0.406. The highest BCUT2D eigenvalue weighted by molar-refractivity contribution is 7.19. The van der Waals surface area contributed by atoms with Crippen molar-refractivity contribution in [1.82, 2.24) is 0 Å². The molecule has 0 radical (unpaired) electrons. The minimum absolute atomic E-state index is 0.130. The van der Waals surface area contributed by atoms with E-state index in [9.17, 15) is 9.18 Å². The van der Waals surface area contributed by atoms with E-state index in [0.29, 0.717) is 11.7 Å². The third-order valence-electron chi connectivity index (χ3n) is 1.92. The molecule has 0 fully saturated rings. The Morgan fingerprint density at radius 3 is 2.92 bits per heavy atom. The van der Waals surface area contributed by atoms with E-state index in [1.807, 2.05) is 6.92 Å². The maximum Gasteiger partial charge on any atom is 0.153 e. The number of aldehydes is 1. The molecule has 0 aliphatic heterocycles. The maximum absolute atomic E-state index is 13.5. The van der Waals surface area contributed by atoms with Crippen molar-refractivity contribution < 1.29 is 9.18 Å². The Hall–Kier alpha value is -1.22. The smallest absolute Gasteiger partial charge is 0.153 e. The fraction of sp³-hybridized carbons (Fsp3) is 0.100. The van der Waals surface area contributed by atoms with Gasteiger partial charge in [-0.25, -0.2) is 4.39 Å². The van der Waals surface area contributed by atoms with Gasteiger partial charge in [-0.2, -0.15) is 0 Å². The van der Waals surface area contributed by atoms with Gasteiger partial charge in [0.25, 0.3) is 0 Å². The highest BCUT2D eigenvalue weighted by atomic mass is 32.1. The number of benzene rings is 1. The minimum Gasteiger partial charge on any atom is -0.298 e. The molecule has 2 rings (SSSR count). The molecule has 0 saturated heterocycles. The van der Waals surface area contributed by atoms with E-state index in [1.165, 1.54) is 17.4 Å². The SMILES string of the molecule is Cc1cc2c(F)c(C=O)ccc2s1. The first-order valence-electron chi connectivity index (χ1n) is 3.86. The average Bonchev–Trinajstić information content (AvgIpc) is 2.47. The van der Waals surface area contributed by atoms with Crippen LogP contribution in [0, 0.1) is 12.7 Å². The lowest BCUT2D eigenvalue weighted by atomic mass is 10.1. The largest absolute Gasteiger partial charge is 0.298 e. The molecule has 3 heteroatoms. The summed E-state index contributed by atoms with van der Waals surface area (Å²) in [6.07, 6.45) is 0.543. The van der Waals surface area contributed by atoms with Crippen molar-refractivity contribution in [3.63, 3.8) is 0 Å². The van der Waals surface area contributed by atoms with Crippen molar-refractivity contribution in [2.45, 2.75) is 6.92 Å². The van der Waals surface area contributed by atoms with Crippen LogP contribution in [-0.2, 0) is 0 Å². The Kier molecular flexibility index (Phi) is 1.88. The number of aryl methyl sites for hydroxylation is 1. The number of halogens is 1. The molecule has 0 aliphatic carbocycles. The highest BCUT2D eigenvalue weighted by Crippen LogP contribution is 2.28. The van der Waals surface area contributed by atoms with Crippen molar-refractivity contribution in [3.05, 3.63) is 34.5 Å². The van der Waals surface area contributed by atoms with Crippen molar-refractivity contribution in [3.8, 4) is 0 Å². The third-order valence-corrected chi connectivity index (χ3v) is 2.93. The molecule has 1 aromatic carbocycles. The third kappa shape index (κ3) is 1.25. The molecule has 1 heterocycles. The van der Waals surface area contributed by atoms with Gasteiger partial charge >= 0.3 is 0 Å². The molecule has 0 spiro atoms. The van der Waals surface area contributed by atoms with E-state index in [4.69, 9.17) is 0 Å². The topological polar surface area (TPSA) is 17.1 Å². The molecule has 0 saturated carbocycles. The Labute approximate surface area is 78.8 Å². The Bertz CT molecular complexity index is 473. The normalized spacial score (nSPS) is 10.6. The van der Waals surface area contributed by atoms with E-state index in [2.05, 4.69) is 0 Å². The molecular weight excluding hydrogens is 187 g/mol. The lowest BCUT2D eigenvalue weighted by molar-refractivity contribution is 0.112. The van der Waals surface area contributed by atoms with E-state index in [-0.39, 0.29) is 5.56 Å². The van der Waals surface area contributed by atoms with Crippen LogP contribution in [0.15, 0.2) is 18.2 Å². The number of hydrogen-bond acceptors (Lipinski definition) is 2. The van der Waals surface area contributed by atoms with Crippen molar-refractivity contribution in [2.75, 3.05) is 0 Å². The van der Waals surface area contributed by atoms with Crippen LogP contribution in [0.1, 0.15) is 15.2 Å². The van der Waals surface area contributed by atoms with Gasteiger partial charge in [-0.05, 0) is 25.1 Å². The Morgan fingerprint density at radius 2 is 2.23 bits per heavy atom. The second-order valence-electron chi connectivity index (χ2n) is 2.86. The molecule has 0 amide bonds. The monoisotopic (exact) mass is 194 g/mol. The van der Waals surface area contributed by atoms with Crippen LogP contribution >= 0.6 is 11.3 Å². The summed E-state index contributed by atoms with van der Waals surface area (Å²) in [6.45, 7) is 1.92. The summed E-state index contributed by atoms with van der Waals surface area (Å²) >= 11 is 1.53. The molecule has 0 aliphatic rings. The first-order valence-corrected chi connectivity index (χ1v) is 4.68. The van der Waals surface area contributed by atoms with Crippen molar-refractivity contribution in [1.29, 1.82) is 0 Å². The standard InChI is InChI=1S/C10H7FOS/c1-6-4-8-9(13-6)3-2-7(5-12)10(8)11/h2-5H,1H3. The van der Waals surface area contributed by atoms with Crippen molar-refractivity contribution in [2.24, 2.45) is 0 Å². The van der Waals surface area contributed by atoms with Gasteiger partial charge in [-0.3, -0.25) is 4.79 Å². The van der Waals surface area contributed by atoms with Gasteiger partial charge < -0.3 is 0 Å². The highest BCUT2D eigenvalue weighted by Gasteiger charge is 2.08. The molecule has 13 heavy (non-hydrogen) atoms. The van der Waals surface area contributed by atoms with Crippen LogP contribution in [0.3, 0.4) is 0 Å². The molecule has 2 aromatic rings. The number of hydrogen-bond donors (Lipinski definition) is 0. The molecule has 1 nitrogen and oxygen atoms in total. The zero-order chi connectivity index (χ0) is 9.42. The minimum atomic E-state index is -0.406. The van der Waals surface area contributed by atoms with Crippen molar-refractivity contribution >= 4 is 27.7 Å². The number of rotatable bonds is 1. The van der Waals surface area contributed by atoms with Gasteiger partial charge in [0, 0.05) is 15.0 Å². The van der Waals surface area contributed by atoms with Crippen LogP contribution in [0.2, 0.25) is 0 Å². The zero-order valence-electron chi connectivity index (χ0n) is 7.00. The van der Waals surface area contributed by atoms with Gasteiger partial charge in [-0.15, -0.1) is 11.3 Å². The van der Waals surface area contributed by atoms with Gasteiger partial charge in [0.05, 0.1) is 5.56 Å². The van der Waals surface area contributed by atoms with Gasteiger partial charge in [0.1, 0.15) is 5.82 Å². The number of carbonyl (C=O) groups excluding carboxylic acids is 1. The summed E-state index contributed by atoms with van der Waals surface area (Å²) in [6, 6.07) is 5.06. The van der Waals surface area contributed by atoms with E-state index in [0.717, 1.165) is 9.58 Å². The molecule has 0 N–H and O–H groups in total. The maximum atomic E-state index is 13.5. The number of carbonyl (C=O) groups is 1.